The van der Waals surface area contributed by atoms with Crippen LogP contribution in [0.15, 0.2) is 6.20 Å². The predicted molar refractivity (Wildman–Crippen MR) is 60.5 cm³/mol. The molecule has 2 rings (SSSR count). The molecule has 88 valence electrons. The van der Waals surface area contributed by atoms with E-state index in [4.69, 9.17) is 5.73 Å². The Labute approximate surface area is 94.4 Å². The fraction of sp³-hybridized carbons (Fsp3) is 0.600. The summed E-state index contributed by atoms with van der Waals surface area (Å²) in [5.74, 6) is -0.222. The molecule has 0 aliphatic carbocycles. The van der Waals surface area contributed by atoms with Crippen LogP contribution in [0.25, 0.3) is 0 Å². The number of carbonyl (C=O) groups is 1. The van der Waals surface area contributed by atoms with E-state index in [1.165, 1.54) is 6.42 Å². The number of rotatable bonds is 2. The number of piperidine rings is 1. The monoisotopic (exact) mass is 223 g/mol. The van der Waals surface area contributed by atoms with Crippen molar-refractivity contribution in [3.05, 3.63) is 11.9 Å². The smallest absolute Gasteiger partial charge is 0.288 e. The zero-order valence-corrected chi connectivity index (χ0v) is 9.44. The molecule has 3 N–H and O–H groups in total. The van der Waals surface area contributed by atoms with Crippen LogP contribution in [-0.4, -0.2) is 33.8 Å². The van der Waals surface area contributed by atoms with Crippen LogP contribution < -0.4 is 11.2 Å². The first-order chi connectivity index (χ1) is 7.66. The third-order valence-corrected chi connectivity index (χ3v) is 2.69. The molecule has 0 saturated carbocycles. The van der Waals surface area contributed by atoms with Crippen molar-refractivity contribution in [3.8, 4) is 0 Å². The summed E-state index contributed by atoms with van der Waals surface area (Å²) in [6, 6.07) is 0. The molecular formula is C10H17N5O. The Kier molecular flexibility index (Phi) is 3.09. The van der Waals surface area contributed by atoms with Gasteiger partial charge in [0.25, 0.3) is 5.91 Å². The van der Waals surface area contributed by atoms with Crippen LogP contribution in [-0.2, 0) is 7.05 Å². The number of aromatic nitrogens is 2. The van der Waals surface area contributed by atoms with E-state index < -0.39 is 0 Å². The Morgan fingerprint density at radius 1 is 1.44 bits per heavy atom. The van der Waals surface area contributed by atoms with E-state index in [-0.39, 0.29) is 5.91 Å². The lowest BCUT2D eigenvalue weighted by Crippen LogP contribution is -2.45. The molecule has 0 atom stereocenters. The van der Waals surface area contributed by atoms with E-state index in [0.717, 1.165) is 25.9 Å². The number of nitrogen functional groups attached to an aromatic ring is 1. The summed E-state index contributed by atoms with van der Waals surface area (Å²) < 4.78 is 1.54. The van der Waals surface area contributed by atoms with E-state index in [1.54, 1.807) is 17.9 Å². The molecule has 0 spiro atoms. The van der Waals surface area contributed by atoms with Gasteiger partial charge in [0, 0.05) is 26.3 Å². The summed E-state index contributed by atoms with van der Waals surface area (Å²) in [4.78, 5) is 11.8. The van der Waals surface area contributed by atoms with Crippen molar-refractivity contribution >= 4 is 11.6 Å². The second-order valence-corrected chi connectivity index (χ2v) is 4.10. The van der Waals surface area contributed by atoms with Gasteiger partial charge in [-0.2, -0.15) is 5.10 Å². The SMILES string of the molecule is Cn1cc(N)c(C(=O)NN2CCCCC2)n1. The van der Waals surface area contributed by atoms with Crippen molar-refractivity contribution in [3.63, 3.8) is 0 Å². The van der Waals surface area contributed by atoms with Gasteiger partial charge in [0.1, 0.15) is 0 Å². The highest BCUT2D eigenvalue weighted by atomic mass is 16.2. The second-order valence-electron chi connectivity index (χ2n) is 4.10. The van der Waals surface area contributed by atoms with Crippen molar-refractivity contribution in [2.24, 2.45) is 7.05 Å². The van der Waals surface area contributed by atoms with Crippen LogP contribution in [0, 0.1) is 0 Å². The molecule has 0 bridgehead atoms. The molecule has 1 saturated heterocycles. The lowest BCUT2D eigenvalue weighted by Gasteiger charge is -2.26. The number of nitrogens with zero attached hydrogens (tertiary/aromatic N) is 3. The van der Waals surface area contributed by atoms with E-state index in [1.807, 2.05) is 5.01 Å². The van der Waals surface area contributed by atoms with Crippen molar-refractivity contribution in [1.29, 1.82) is 0 Å². The number of hydrogen-bond acceptors (Lipinski definition) is 4. The first kappa shape index (κ1) is 10.9. The van der Waals surface area contributed by atoms with Crippen LogP contribution in [0.2, 0.25) is 0 Å². The van der Waals surface area contributed by atoms with E-state index in [0.29, 0.717) is 11.4 Å². The number of nitrogens with two attached hydrogens (primary N) is 1. The average molecular weight is 223 g/mol. The first-order valence-electron chi connectivity index (χ1n) is 5.52. The van der Waals surface area contributed by atoms with E-state index in [9.17, 15) is 4.79 Å². The Balaban J connectivity index is 1.99. The summed E-state index contributed by atoms with van der Waals surface area (Å²) in [7, 11) is 1.74. The largest absolute Gasteiger partial charge is 0.396 e. The molecule has 1 fully saturated rings. The third-order valence-electron chi connectivity index (χ3n) is 2.69. The molecule has 0 radical (unpaired) electrons. The van der Waals surface area contributed by atoms with Gasteiger partial charge in [-0.25, -0.2) is 5.01 Å². The van der Waals surface area contributed by atoms with E-state index in [2.05, 4.69) is 10.5 Å². The number of amides is 1. The summed E-state index contributed by atoms with van der Waals surface area (Å²) in [6.45, 7) is 1.80. The normalized spacial score (nSPS) is 17.3. The molecule has 1 aliphatic rings. The molecule has 16 heavy (non-hydrogen) atoms. The highest BCUT2D eigenvalue weighted by molar-refractivity contribution is 5.96. The van der Waals surface area contributed by atoms with E-state index >= 15 is 0 Å². The Bertz CT molecular complexity index is 381. The maximum absolute atomic E-state index is 11.8. The fourth-order valence-electron chi connectivity index (χ4n) is 1.89. The average Bonchev–Trinajstić information content (AvgIpc) is 2.59. The molecule has 1 aliphatic heterocycles. The Morgan fingerprint density at radius 2 is 2.12 bits per heavy atom. The highest BCUT2D eigenvalue weighted by Gasteiger charge is 2.18. The van der Waals surface area contributed by atoms with Gasteiger partial charge in [-0.15, -0.1) is 0 Å². The van der Waals surface area contributed by atoms with Gasteiger partial charge < -0.3 is 5.73 Å². The van der Waals surface area contributed by atoms with Crippen molar-refractivity contribution < 1.29 is 4.79 Å². The molecule has 0 aromatic carbocycles. The molecule has 1 aromatic heterocycles. The van der Waals surface area contributed by atoms with Crippen LogP contribution in [0.1, 0.15) is 29.8 Å². The molecule has 6 nitrogen and oxygen atoms in total. The number of carbonyl (C=O) groups excluding carboxylic acids is 1. The topological polar surface area (TPSA) is 76.2 Å². The second kappa shape index (κ2) is 4.52. The van der Waals surface area contributed by atoms with Crippen molar-refractivity contribution in [2.45, 2.75) is 19.3 Å². The van der Waals surface area contributed by atoms with Crippen LogP contribution in [0.5, 0.6) is 0 Å². The highest BCUT2D eigenvalue weighted by Crippen LogP contribution is 2.10. The Hall–Kier alpha value is -1.56. The zero-order chi connectivity index (χ0) is 11.5. The van der Waals surface area contributed by atoms with Crippen LogP contribution >= 0.6 is 0 Å². The number of hydrogen-bond donors (Lipinski definition) is 2. The summed E-state index contributed by atoms with van der Waals surface area (Å²) in [5, 5.41) is 5.96. The molecule has 0 unspecified atom stereocenters. The summed E-state index contributed by atoms with van der Waals surface area (Å²) >= 11 is 0. The van der Waals surface area contributed by atoms with Crippen molar-refractivity contribution in [1.82, 2.24) is 20.2 Å². The molecular weight excluding hydrogens is 206 g/mol. The number of aryl methyl sites for hydroxylation is 1. The van der Waals surface area contributed by atoms with Crippen molar-refractivity contribution in [2.75, 3.05) is 18.8 Å². The number of hydrazine groups is 1. The van der Waals surface area contributed by atoms with Gasteiger partial charge >= 0.3 is 0 Å². The molecule has 1 amide bonds. The lowest BCUT2D eigenvalue weighted by atomic mass is 10.2. The van der Waals surface area contributed by atoms with Gasteiger partial charge in [-0.3, -0.25) is 14.9 Å². The van der Waals surface area contributed by atoms with Gasteiger partial charge in [-0.05, 0) is 12.8 Å². The predicted octanol–water partition coefficient (Wildman–Crippen LogP) is 0.133. The van der Waals surface area contributed by atoms with Gasteiger partial charge in [0.15, 0.2) is 5.69 Å². The third kappa shape index (κ3) is 2.33. The number of nitrogens with one attached hydrogen (secondary N) is 1. The standard InChI is InChI=1S/C10H17N5O/c1-14-7-8(11)9(12-14)10(16)13-15-5-3-2-4-6-15/h7H,2-6,11H2,1H3,(H,13,16). The lowest BCUT2D eigenvalue weighted by molar-refractivity contribution is 0.0745. The number of anilines is 1. The van der Waals surface area contributed by atoms with Gasteiger partial charge in [0.2, 0.25) is 0 Å². The summed E-state index contributed by atoms with van der Waals surface area (Å²) in [6.07, 6.45) is 5.11. The van der Waals surface area contributed by atoms with Crippen LogP contribution in [0.4, 0.5) is 5.69 Å². The maximum Gasteiger partial charge on any atom is 0.288 e. The molecule has 2 heterocycles. The van der Waals surface area contributed by atoms with Crippen LogP contribution in [0.3, 0.4) is 0 Å². The first-order valence-corrected chi connectivity index (χ1v) is 5.52. The quantitative estimate of drug-likeness (QED) is 0.747. The minimum absolute atomic E-state index is 0.222. The molecule has 1 aromatic rings. The van der Waals surface area contributed by atoms with Gasteiger partial charge in [-0.1, -0.05) is 6.42 Å². The fourth-order valence-corrected chi connectivity index (χ4v) is 1.89. The molecule has 6 heteroatoms. The maximum atomic E-state index is 11.8. The Morgan fingerprint density at radius 3 is 2.69 bits per heavy atom. The zero-order valence-electron chi connectivity index (χ0n) is 9.44. The summed E-state index contributed by atoms with van der Waals surface area (Å²) in [5.41, 5.74) is 9.23. The minimum Gasteiger partial charge on any atom is -0.396 e. The van der Waals surface area contributed by atoms with Gasteiger partial charge in [0.05, 0.1) is 5.69 Å². The minimum atomic E-state index is -0.222.